The number of aromatic hydroxyl groups is 1. The third-order valence-corrected chi connectivity index (χ3v) is 3.98. The molecule has 0 radical (unpaired) electrons. The van der Waals surface area contributed by atoms with Crippen LogP contribution in [-0.2, 0) is 0 Å². The van der Waals surface area contributed by atoms with Crippen LogP contribution in [0, 0.1) is 0 Å². The number of thioether (sulfide) groups is 1. The first kappa shape index (κ1) is 9.68. The molecule has 2 aromatic rings. The lowest BCUT2D eigenvalue weighted by molar-refractivity contribution is 0.416. The normalized spacial score (nSPS) is 10.7. The Morgan fingerprint density at radius 3 is 2.86 bits per heavy atom. The Morgan fingerprint density at radius 2 is 2.21 bits per heavy atom. The van der Waals surface area contributed by atoms with Crippen molar-refractivity contribution in [1.82, 2.24) is 0 Å². The van der Waals surface area contributed by atoms with Crippen molar-refractivity contribution in [3.63, 3.8) is 0 Å². The summed E-state index contributed by atoms with van der Waals surface area (Å²) in [5.41, 5.74) is 0. The summed E-state index contributed by atoms with van der Waals surface area (Å²) < 4.78 is 6.30. The highest BCUT2D eigenvalue weighted by atomic mass is 32.2. The van der Waals surface area contributed by atoms with Crippen molar-refractivity contribution in [3.8, 4) is 11.5 Å². The average molecular weight is 226 g/mol. The fraction of sp³-hybridized carbons (Fsp3) is 0.200. The Hall–Kier alpha value is -0.870. The van der Waals surface area contributed by atoms with Gasteiger partial charge in [-0.2, -0.15) is 0 Å². The molecule has 0 unspecified atom stereocenters. The van der Waals surface area contributed by atoms with E-state index in [9.17, 15) is 5.11 Å². The van der Waals surface area contributed by atoms with E-state index in [0.717, 1.165) is 15.8 Å². The summed E-state index contributed by atoms with van der Waals surface area (Å²) in [6, 6.07) is 3.91. The number of fused-ring (bicyclic) bond motifs is 1. The SMILES string of the molecule is COc1ccc(SC)c2scc(O)c12. The second-order valence-corrected chi connectivity index (χ2v) is 4.52. The Balaban J connectivity index is 2.81. The summed E-state index contributed by atoms with van der Waals surface area (Å²) in [7, 11) is 1.62. The van der Waals surface area contributed by atoms with Gasteiger partial charge in [-0.3, -0.25) is 0 Å². The van der Waals surface area contributed by atoms with Gasteiger partial charge in [-0.25, -0.2) is 0 Å². The first-order valence-corrected chi connectivity index (χ1v) is 6.19. The zero-order valence-electron chi connectivity index (χ0n) is 7.90. The van der Waals surface area contributed by atoms with Crippen LogP contribution < -0.4 is 4.74 Å². The van der Waals surface area contributed by atoms with E-state index < -0.39 is 0 Å². The number of hydrogen-bond acceptors (Lipinski definition) is 4. The van der Waals surface area contributed by atoms with E-state index in [-0.39, 0.29) is 0 Å². The van der Waals surface area contributed by atoms with Gasteiger partial charge in [0.15, 0.2) is 0 Å². The summed E-state index contributed by atoms with van der Waals surface area (Å²) in [5, 5.41) is 12.2. The molecule has 0 aliphatic carbocycles. The maximum absolute atomic E-state index is 9.66. The lowest BCUT2D eigenvalue weighted by Gasteiger charge is -2.04. The van der Waals surface area contributed by atoms with Crippen LogP contribution >= 0.6 is 23.1 Å². The van der Waals surface area contributed by atoms with Crippen molar-refractivity contribution in [1.29, 1.82) is 0 Å². The zero-order chi connectivity index (χ0) is 10.1. The smallest absolute Gasteiger partial charge is 0.137 e. The third-order valence-electron chi connectivity index (χ3n) is 2.07. The number of thiophene rings is 1. The van der Waals surface area contributed by atoms with E-state index in [4.69, 9.17) is 4.74 Å². The molecule has 0 spiro atoms. The molecule has 74 valence electrons. The van der Waals surface area contributed by atoms with Gasteiger partial charge in [0.2, 0.25) is 0 Å². The topological polar surface area (TPSA) is 29.5 Å². The number of ether oxygens (including phenoxy) is 1. The van der Waals surface area contributed by atoms with Crippen LogP contribution in [0.15, 0.2) is 22.4 Å². The Bertz CT molecular complexity index is 462. The van der Waals surface area contributed by atoms with Gasteiger partial charge < -0.3 is 9.84 Å². The van der Waals surface area contributed by atoms with Gasteiger partial charge in [-0.15, -0.1) is 23.1 Å². The van der Waals surface area contributed by atoms with E-state index >= 15 is 0 Å². The van der Waals surface area contributed by atoms with Crippen molar-refractivity contribution in [2.45, 2.75) is 4.90 Å². The molecule has 0 saturated carbocycles. The molecule has 0 atom stereocenters. The van der Waals surface area contributed by atoms with Gasteiger partial charge in [-0.05, 0) is 18.4 Å². The number of hydrogen-bond donors (Lipinski definition) is 1. The highest BCUT2D eigenvalue weighted by molar-refractivity contribution is 7.99. The largest absolute Gasteiger partial charge is 0.506 e. The molecule has 0 bridgehead atoms. The standard InChI is InChI=1S/C10H10O2S2/c1-12-7-3-4-8(13-2)10-9(7)6(11)5-14-10/h3-5,11H,1-2H3. The van der Waals surface area contributed by atoms with E-state index in [0.29, 0.717) is 5.75 Å². The van der Waals surface area contributed by atoms with Gasteiger partial charge in [0.1, 0.15) is 11.5 Å². The second-order valence-electron chi connectivity index (χ2n) is 2.80. The third kappa shape index (κ3) is 1.35. The molecule has 14 heavy (non-hydrogen) atoms. The molecule has 4 heteroatoms. The summed E-state index contributed by atoms with van der Waals surface area (Å²) in [5.74, 6) is 1.04. The highest BCUT2D eigenvalue weighted by Crippen LogP contribution is 2.42. The summed E-state index contributed by atoms with van der Waals surface area (Å²) >= 11 is 3.22. The van der Waals surface area contributed by atoms with Crippen molar-refractivity contribution in [3.05, 3.63) is 17.5 Å². The Kier molecular flexibility index (Phi) is 2.56. The predicted octanol–water partition coefficient (Wildman–Crippen LogP) is 3.34. The first-order valence-electron chi connectivity index (χ1n) is 4.09. The molecule has 1 heterocycles. The van der Waals surface area contributed by atoms with E-state index in [1.807, 2.05) is 18.4 Å². The fourth-order valence-corrected chi connectivity index (χ4v) is 3.15. The molecule has 2 nitrogen and oxygen atoms in total. The molecule has 1 aromatic heterocycles. The molecule has 0 aliphatic rings. The molecule has 2 rings (SSSR count). The van der Waals surface area contributed by atoms with Gasteiger partial charge in [0, 0.05) is 10.3 Å². The molecular weight excluding hydrogens is 216 g/mol. The number of rotatable bonds is 2. The summed E-state index contributed by atoms with van der Waals surface area (Å²) in [6.07, 6.45) is 2.03. The van der Waals surface area contributed by atoms with Gasteiger partial charge in [0.05, 0.1) is 17.2 Å². The van der Waals surface area contributed by atoms with Gasteiger partial charge in [0.25, 0.3) is 0 Å². The number of benzene rings is 1. The molecule has 0 amide bonds. The molecule has 1 aromatic carbocycles. The van der Waals surface area contributed by atoms with Crippen molar-refractivity contribution in [2.24, 2.45) is 0 Å². The second kappa shape index (κ2) is 3.71. The van der Waals surface area contributed by atoms with Crippen molar-refractivity contribution < 1.29 is 9.84 Å². The van der Waals surface area contributed by atoms with Crippen LogP contribution in [0.1, 0.15) is 0 Å². The molecule has 0 fully saturated rings. The quantitative estimate of drug-likeness (QED) is 0.796. The lowest BCUT2D eigenvalue weighted by Crippen LogP contribution is -1.83. The molecule has 0 saturated heterocycles. The van der Waals surface area contributed by atoms with E-state index in [2.05, 4.69) is 0 Å². The Labute approximate surface area is 90.5 Å². The summed E-state index contributed by atoms with van der Waals surface area (Å²) in [4.78, 5) is 1.17. The lowest BCUT2D eigenvalue weighted by atomic mass is 10.2. The molecule has 0 aliphatic heterocycles. The van der Waals surface area contributed by atoms with Crippen LogP contribution in [0.3, 0.4) is 0 Å². The monoisotopic (exact) mass is 226 g/mol. The zero-order valence-corrected chi connectivity index (χ0v) is 9.54. The van der Waals surface area contributed by atoms with Gasteiger partial charge >= 0.3 is 0 Å². The van der Waals surface area contributed by atoms with Crippen molar-refractivity contribution >= 4 is 33.2 Å². The minimum Gasteiger partial charge on any atom is -0.506 e. The highest BCUT2D eigenvalue weighted by Gasteiger charge is 2.11. The minimum absolute atomic E-state index is 0.303. The molecule has 1 N–H and O–H groups in total. The molecular formula is C10H10O2S2. The fourth-order valence-electron chi connectivity index (χ4n) is 1.41. The summed E-state index contributed by atoms with van der Waals surface area (Å²) in [6.45, 7) is 0. The Morgan fingerprint density at radius 1 is 1.43 bits per heavy atom. The predicted molar refractivity (Wildman–Crippen MR) is 61.8 cm³/mol. The van der Waals surface area contributed by atoms with E-state index in [1.165, 1.54) is 4.90 Å². The maximum atomic E-state index is 9.66. The van der Waals surface area contributed by atoms with Crippen LogP contribution in [-0.4, -0.2) is 18.5 Å². The first-order chi connectivity index (χ1) is 6.77. The van der Waals surface area contributed by atoms with Crippen LogP contribution in [0.5, 0.6) is 11.5 Å². The van der Waals surface area contributed by atoms with Crippen LogP contribution in [0.2, 0.25) is 0 Å². The maximum Gasteiger partial charge on any atom is 0.137 e. The van der Waals surface area contributed by atoms with Gasteiger partial charge in [-0.1, -0.05) is 0 Å². The number of methoxy groups -OCH3 is 1. The van der Waals surface area contributed by atoms with E-state index in [1.54, 1.807) is 35.6 Å². The average Bonchev–Trinajstić information content (AvgIpc) is 2.60. The minimum atomic E-state index is 0.303. The van der Waals surface area contributed by atoms with Crippen LogP contribution in [0.4, 0.5) is 0 Å². The van der Waals surface area contributed by atoms with Crippen LogP contribution in [0.25, 0.3) is 10.1 Å². The van der Waals surface area contributed by atoms with Crippen molar-refractivity contribution in [2.75, 3.05) is 13.4 Å².